The third kappa shape index (κ3) is 4.43. The number of aryl methyl sites for hydroxylation is 1. The normalized spacial score (nSPS) is 12.2. The van der Waals surface area contributed by atoms with E-state index < -0.39 is 0 Å². The molecule has 2 aromatic carbocycles. The van der Waals surface area contributed by atoms with Gasteiger partial charge >= 0.3 is 0 Å². The largest absolute Gasteiger partial charge is 0.325 e. The number of carbonyl (C=O) groups is 1. The van der Waals surface area contributed by atoms with E-state index in [1.54, 1.807) is 12.1 Å². The summed E-state index contributed by atoms with van der Waals surface area (Å²) in [4.78, 5) is 14.7. The van der Waals surface area contributed by atoms with E-state index in [9.17, 15) is 4.79 Å². The highest BCUT2D eigenvalue weighted by molar-refractivity contribution is 6.30. The maximum Gasteiger partial charge on any atom is 0.241 e. The first-order chi connectivity index (χ1) is 13.4. The van der Waals surface area contributed by atoms with Crippen molar-refractivity contribution in [3.05, 3.63) is 76.6 Å². The molecule has 3 rings (SSSR count). The van der Waals surface area contributed by atoms with Gasteiger partial charge in [0.2, 0.25) is 5.91 Å². The Morgan fingerprint density at radius 1 is 1.18 bits per heavy atom. The highest BCUT2D eigenvalue weighted by Gasteiger charge is 2.21. The minimum absolute atomic E-state index is 0.0736. The van der Waals surface area contributed by atoms with Gasteiger partial charge in [0.05, 0.1) is 17.4 Å². The summed E-state index contributed by atoms with van der Waals surface area (Å²) in [5, 5.41) is 8.21. The van der Waals surface area contributed by atoms with Gasteiger partial charge in [-0.2, -0.15) is 5.10 Å². The molecule has 3 aromatic rings. The molecule has 6 heteroatoms. The Balaban J connectivity index is 1.72. The van der Waals surface area contributed by atoms with E-state index in [1.165, 1.54) is 0 Å². The maximum absolute atomic E-state index is 12.6. The zero-order chi connectivity index (χ0) is 20.3. The number of carbonyl (C=O) groups excluding carboxylic acids is 1. The van der Waals surface area contributed by atoms with E-state index in [2.05, 4.69) is 17.3 Å². The van der Waals surface area contributed by atoms with E-state index >= 15 is 0 Å². The summed E-state index contributed by atoms with van der Waals surface area (Å²) in [6, 6.07) is 16.9. The quantitative estimate of drug-likeness (QED) is 0.662. The molecule has 1 aromatic heterocycles. The number of hydrogen-bond acceptors (Lipinski definition) is 3. The van der Waals surface area contributed by atoms with Gasteiger partial charge in [0.25, 0.3) is 0 Å². The average molecular weight is 397 g/mol. The molecular weight excluding hydrogens is 372 g/mol. The fourth-order valence-corrected chi connectivity index (χ4v) is 3.31. The molecule has 0 aliphatic heterocycles. The third-order valence-corrected chi connectivity index (χ3v) is 5.22. The van der Waals surface area contributed by atoms with Gasteiger partial charge in [-0.15, -0.1) is 0 Å². The van der Waals surface area contributed by atoms with Gasteiger partial charge in [-0.25, -0.2) is 4.68 Å². The van der Waals surface area contributed by atoms with Crippen molar-refractivity contribution in [1.82, 2.24) is 14.7 Å². The van der Waals surface area contributed by atoms with Gasteiger partial charge in [0.15, 0.2) is 0 Å². The number of hydrogen-bond donors (Lipinski definition) is 1. The lowest BCUT2D eigenvalue weighted by Crippen LogP contribution is -2.39. The number of halogens is 1. The molecule has 28 heavy (non-hydrogen) atoms. The maximum atomic E-state index is 12.6. The van der Waals surface area contributed by atoms with Crippen molar-refractivity contribution in [3.63, 3.8) is 0 Å². The van der Waals surface area contributed by atoms with Crippen molar-refractivity contribution in [2.75, 3.05) is 12.4 Å². The highest BCUT2D eigenvalue weighted by Crippen LogP contribution is 2.20. The number of benzene rings is 2. The van der Waals surface area contributed by atoms with Crippen molar-refractivity contribution in [2.24, 2.45) is 0 Å². The van der Waals surface area contributed by atoms with E-state index in [1.807, 2.05) is 72.9 Å². The van der Waals surface area contributed by atoms with Crippen LogP contribution in [0.4, 0.5) is 5.69 Å². The second kappa shape index (κ2) is 8.59. The van der Waals surface area contributed by atoms with E-state index in [-0.39, 0.29) is 11.9 Å². The first-order valence-corrected chi connectivity index (χ1v) is 9.62. The van der Waals surface area contributed by atoms with Crippen LogP contribution in [0, 0.1) is 13.8 Å². The Hall–Kier alpha value is -2.63. The van der Waals surface area contributed by atoms with Crippen molar-refractivity contribution >= 4 is 23.2 Å². The molecule has 0 aliphatic carbocycles. The monoisotopic (exact) mass is 396 g/mol. The average Bonchev–Trinajstić information content (AvgIpc) is 2.96. The van der Waals surface area contributed by atoms with E-state index in [0.29, 0.717) is 17.3 Å². The highest BCUT2D eigenvalue weighted by atomic mass is 35.5. The lowest BCUT2D eigenvalue weighted by Gasteiger charge is -2.24. The van der Waals surface area contributed by atoms with Crippen LogP contribution in [0.2, 0.25) is 5.02 Å². The minimum atomic E-state index is -0.308. The first kappa shape index (κ1) is 20.1. The molecule has 5 nitrogen and oxygen atoms in total. The van der Waals surface area contributed by atoms with Gasteiger partial charge in [-0.05, 0) is 58.2 Å². The second-order valence-electron chi connectivity index (χ2n) is 6.99. The predicted octanol–water partition coefficient (Wildman–Crippen LogP) is 4.60. The van der Waals surface area contributed by atoms with Crippen LogP contribution in [-0.2, 0) is 11.3 Å². The molecule has 0 saturated carbocycles. The Labute approximate surface area is 170 Å². The summed E-state index contributed by atoms with van der Waals surface area (Å²) in [7, 11) is 1.95. The van der Waals surface area contributed by atoms with Gasteiger partial charge in [0, 0.05) is 28.5 Å². The number of anilines is 1. The molecule has 146 valence electrons. The van der Waals surface area contributed by atoms with E-state index in [4.69, 9.17) is 11.6 Å². The van der Waals surface area contributed by atoms with Crippen LogP contribution < -0.4 is 5.32 Å². The van der Waals surface area contributed by atoms with Gasteiger partial charge < -0.3 is 5.32 Å². The number of nitrogens with zero attached hydrogens (tertiary/aromatic N) is 3. The van der Waals surface area contributed by atoms with Crippen LogP contribution in [0.5, 0.6) is 0 Å². The lowest BCUT2D eigenvalue weighted by molar-refractivity contribution is -0.120. The number of likely N-dealkylation sites (N-methyl/N-ethyl adjacent to an activating group) is 1. The van der Waals surface area contributed by atoms with Crippen molar-refractivity contribution in [1.29, 1.82) is 0 Å². The number of amides is 1. The summed E-state index contributed by atoms with van der Waals surface area (Å²) in [5.74, 6) is -0.0736. The number of para-hydroxylation sites is 1. The van der Waals surface area contributed by atoms with Crippen LogP contribution in [0.1, 0.15) is 23.9 Å². The summed E-state index contributed by atoms with van der Waals surface area (Å²) in [6.45, 7) is 6.60. The van der Waals surface area contributed by atoms with Crippen molar-refractivity contribution in [2.45, 2.75) is 33.4 Å². The van der Waals surface area contributed by atoms with Crippen LogP contribution in [0.15, 0.2) is 54.6 Å². The topological polar surface area (TPSA) is 50.2 Å². The Morgan fingerprint density at radius 2 is 1.89 bits per heavy atom. The third-order valence-electron chi connectivity index (χ3n) is 4.98. The van der Waals surface area contributed by atoms with E-state index in [0.717, 1.165) is 22.6 Å². The molecule has 0 fully saturated rings. The molecule has 0 aliphatic rings. The molecular formula is C22H25ClN4O. The summed E-state index contributed by atoms with van der Waals surface area (Å²) >= 11 is 5.99. The molecule has 1 N–H and O–H groups in total. The van der Waals surface area contributed by atoms with Crippen molar-refractivity contribution < 1.29 is 4.79 Å². The lowest BCUT2D eigenvalue weighted by atomic mass is 10.1. The Kier molecular flexibility index (Phi) is 6.17. The molecule has 0 unspecified atom stereocenters. The van der Waals surface area contributed by atoms with Crippen LogP contribution in [0.3, 0.4) is 0 Å². The molecule has 0 radical (unpaired) electrons. The SMILES string of the molecule is Cc1nn(-c2ccccc2)c(C)c1CN(C)[C@H](C)C(=O)Nc1cccc(Cl)c1. The molecule has 0 bridgehead atoms. The molecule has 1 atom stereocenters. The summed E-state index contributed by atoms with van der Waals surface area (Å²) in [6.07, 6.45) is 0. The molecule has 1 heterocycles. The Bertz CT molecular complexity index is 968. The first-order valence-electron chi connectivity index (χ1n) is 9.24. The van der Waals surface area contributed by atoms with Gasteiger partial charge in [-0.3, -0.25) is 9.69 Å². The smallest absolute Gasteiger partial charge is 0.241 e. The fraction of sp³-hybridized carbons (Fsp3) is 0.273. The standard InChI is InChI=1S/C22H25ClN4O/c1-15-21(16(2)27(25-15)20-11-6-5-7-12-20)14-26(4)17(3)22(28)24-19-10-8-9-18(23)13-19/h5-13,17H,14H2,1-4H3,(H,24,28)/t17-/m1/s1. The number of nitrogens with one attached hydrogen (secondary N) is 1. The van der Waals surface area contributed by atoms with Crippen LogP contribution >= 0.6 is 11.6 Å². The molecule has 0 spiro atoms. The summed E-state index contributed by atoms with van der Waals surface area (Å²) in [5.41, 5.74) is 4.91. The minimum Gasteiger partial charge on any atom is -0.325 e. The van der Waals surface area contributed by atoms with Crippen LogP contribution in [0.25, 0.3) is 5.69 Å². The second-order valence-corrected chi connectivity index (χ2v) is 7.42. The zero-order valence-electron chi connectivity index (χ0n) is 16.6. The number of aromatic nitrogens is 2. The Morgan fingerprint density at radius 3 is 2.57 bits per heavy atom. The summed E-state index contributed by atoms with van der Waals surface area (Å²) < 4.78 is 1.95. The van der Waals surface area contributed by atoms with Gasteiger partial charge in [0.1, 0.15) is 0 Å². The molecule has 1 amide bonds. The van der Waals surface area contributed by atoms with Crippen LogP contribution in [-0.4, -0.2) is 33.7 Å². The molecule has 0 saturated heterocycles. The predicted molar refractivity (Wildman–Crippen MR) is 114 cm³/mol. The zero-order valence-corrected chi connectivity index (χ0v) is 17.4. The fourth-order valence-electron chi connectivity index (χ4n) is 3.12. The van der Waals surface area contributed by atoms with Gasteiger partial charge in [-0.1, -0.05) is 35.9 Å². The number of rotatable bonds is 6. The van der Waals surface area contributed by atoms with Crippen molar-refractivity contribution in [3.8, 4) is 5.69 Å².